The van der Waals surface area contributed by atoms with Gasteiger partial charge in [-0.05, 0) is 61.4 Å². The normalized spacial score (nSPS) is 23.6. The van der Waals surface area contributed by atoms with Crippen molar-refractivity contribution in [3.63, 3.8) is 0 Å². The predicted molar refractivity (Wildman–Crippen MR) is 170 cm³/mol. The number of hydrogen-bond acceptors (Lipinski definition) is 6. The summed E-state index contributed by atoms with van der Waals surface area (Å²) in [7, 11) is -1.52. The van der Waals surface area contributed by atoms with Crippen LogP contribution in [-0.2, 0) is 11.2 Å². The first-order valence-corrected chi connectivity index (χ1v) is 17.1. The Bertz CT molecular complexity index is 1270. The van der Waals surface area contributed by atoms with Gasteiger partial charge in [0, 0.05) is 54.4 Å². The monoisotopic (exact) mass is 638 g/mol. The minimum Gasteiger partial charge on any atom is -0.465 e. The van der Waals surface area contributed by atoms with Gasteiger partial charge in [-0.1, -0.05) is 56.5 Å². The van der Waals surface area contributed by atoms with Crippen molar-refractivity contribution in [3.8, 4) is 0 Å². The molecular weight excluding hydrogens is 595 g/mol. The lowest BCUT2D eigenvalue weighted by molar-refractivity contribution is -0.121. The Morgan fingerprint density at radius 3 is 2.53 bits per heavy atom. The summed E-state index contributed by atoms with van der Waals surface area (Å²) in [4.78, 5) is 27.4. The average molecular weight is 639 g/mol. The summed E-state index contributed by atoms with van der Waals surface area (Å²) < 4.78 is 38.7. The molecule has 2 aliphatic rings. The van der Waals surface area contributed by atoms with Crippen molar-refractivity contribution in [2.75, 3.05) is 31.2 Å². The zero-order valence-corrected chi connectivity index (χ0v) is 26.6. The SMILES string of the molecule is CCC(CC)[C@H](c1ccc(Cl)cc1)[C@@H](C(=O)Nc1cccc(F)c1CCC1CNC2CCCS(O)(O)N1C2)N(C)C(=O)O. The van der Waals surface area contributed by atoms with Gasteiger partial charge in [-0.2, -0.15) is 0 Å². The highest BCUT2D eigenvalue weighted by Gasteiger charge is 2.40. The molecule has 0 radical (unpaired) electrons. The van der Waals surface area contributed by atoms with Crippen molar-refractivity contribution in [2.24, 2.45) is 5.92 Å². The van der Waals surface area contributed by atoms with Crippen LogP contribution in [0.15, 0.2) is 42.5 Å². The van der Waals surface area contributed by atoms with E-state index in [1.807, 2.05) is 26.0 Å². The molecule has 0 aliphatic carbocycles. The molecule has 2 saturated heterocycles. The van der Waals surface area contributed by atoms with E-state index in [1.54, 1.807) is 22.5 Å². The molecule has 12 heteroatoms. The van der Waals surface area contributed by atoms with Gasteiger partial charge in [-0.3, -0.25) is 18.8 Å². The fourth-order valence-electron chi connectivity index (χ4n) is 6.61. The Balaban J connectivity index is 1.62. The van der Waals surface area contributed by atoms with E-state index in [0.717, 1.165) is 36.1 Å². The Labute approximate surface area is 260 Å². The van der Waals surface area contributed by atoms with Crippen molar-refractivity contribution in [1.82, 2.24) is 14.5 Å². The zero-order chi connectivity index (χ0) is 31.3. The highest BCUT2D eigenvalue weighted by Crippen LogP contribution is 2.49. The number of hydrogen-bond donors (Lipinski definition) is 5. The second-order valence-electron chi connectivity index (χ2n) is 11.6. The van der Waals surface area contributed by atoms with Gasteiger partial charge in [0.05, 0.1) is 5.75 Å². The minimum absolute atomic E-state index is 0.0123. The molecule has 3 unspecified atom stereocenters. The molecule has 2 aromatic carbocycles. The van der Waals surface area contributed by atoms with Crippen molar-refractivity contribution < 1.29 is 28.2 Å². The first kappa shape index (κ1) is 33.5. The van der Waals surface area contributed by atoms with Gasteiger partial charge >= 0.3 is 6.09 Å². The summed E-state index contributed by atoms with van der Waals surface area (Å²) in [5.41, 5.74) is 1.37. The van der Waals surface area contributed by atoms with Crippen LogP contribution in [0, 0.1) is 11.7 Å². The number of benzene rings is 2. The van der Waals surface area contributed by atoms with Gasteiger partial charge in [0.1, 0.15) is 11.9 Å². The molecule has 2 aliphatic heterocycles. The molecule has 9 nitrogen and oxygen atoms in total. The van der Waals surface area contributed by atoms with E-state index in [2.05, 4.69) is 10.6 Å². The van der Waals surface area contributed by atoms with Gasteiger partial charge in [-0.25, -0.2) is 13.5 Å². The molecular formula is C31H44ClFN4O5S. The van der Waals surface area contributed by atoms with E-state index in [4.69, 9.17) is 11.6 Å². The highest BCUT2D eigenvalue weighted by atomic mass is 35.5. The first-order chi connectivity index (χ1) is 20.5. The number of rotatable bonds is 11. The third kappa shape index (κ3) is 7.82. The Morgan fingerprint density at radius 1 is 1.19 bits per heavy atom. The number of piperazine rings is 1. The topological polar surface area (TPSA) is 125 Å². The summed E-state index contributed by atoms with van der Waals surface area (Å²) in [5.74, 6) is -1.19. The molecule has 43 heavy (non-hydrogen) atoms. The first-order valence-electron chi connectivity index (χ1n) is 15.0. The molecule has 0 spiro atoms. The highest BCUT2D eigenvalue weighted by molar-refractivity contribution is 8.22. The zero-order valence-electron chi connectivity index (χ0n) is 25.0. The summed E-state index contributed by atoms with van der Waals surface area (Å²) >= 11 is 6.14. The number of halogens is 2. The summed E-state index contributed by atoms with van der Waals surface area (Å²) in [6.45, 7) is 5.11. The molecule has 2 heterocycles. The van der Waals surface area contributed by atoms with E-state index in [-0.39, 0.29) is 30.1 Å². The number of amides is 2. The van der Waals surface area contributed by atoms with Crippen molar-refractivity contribution in [3.05, 3.63) is 64.4 Å². The summed E-state index contributed by atoms with van der Waals surface area (Å²) in [5, 5.41) is 16.9. The Morgan fingerprint density at radius 2 is 1.88 bits per heavy atom. The van der Waals surface area contributed by atoms with Crippen LogP contribution >= 0.6 is 22.4 Å². The van der Waals surface area contributed by atoms with E-state index < -0.39 is 40.6 Å². The molecule has 2 aromatic rings. The van der Waals surface area contributed by atoms with Crippen molar-refractivity contribution in [2.45, 2.75) is 76.4 Å². The van der Waals surface area contributed by atoms with Crippen LogP contribution in [0.4, 0.5) is 14.9 Å². The number of carbonyl (C=O) groups excluding carboxylic acids is 1. The van der Waals surface area contributed by atoms with Crippen LogP contribution < -0.4 is 10.6 Å². The van der Waals surface area contributed by atoms with Gasteiger partial charge in [-0.15, -0.1) is 10.8 Å². The third-order valence-electron chi connectivity index (χ3n) is 9.04. The molecule has 0 saturated carbocycles. The standard InChI is InChI=1S/C31H44ClFN4O5S/c1-4-20(5-2)28(21-11-13-22(32)14-12-21)29(36(3)31(39)40)30(38)35-27-10-6-9-26(33)25(27)16-15-24-18-34-23-8-7-17-43(41,42)37(24)19-23/h6,9-14,20,23-24,28-29,34,41-42H,4-5,7-8,15-19H2,1-3H3,(H,35,38)(H,39,40)/t23?,24?,28-,29+/m1/s1. The number of nitrogens with one attached hydrogen (secondary N) is 2. The lowest BCUT2D eigenvalue weighted by atomic mass is 9.77. The Kier molecular flexibility index (Phi) is 11.4. The molecule has 2 bridgehead atoms. The second-order valence-corrected chi connectivity index (χ2v) is 14.2. The van der Waals surface area contributed by atoms with Crippen LogP contribution in [-0.4, -0.2) is 79.4 Å². The maximum Gasteiger partial charge on any atom is 0.407 e. The minimum atomic E-state index is -2.90. The fraction of sp³-hybridized carbons (Fsp3) is 0.548. The van der Waals surface area contributed by atoms with Crippen molar-refractivity contribution >= 4 is 40.1 Å². The second kappa shape index (κ2) is 14.6. The maximum absolute atomic E-state index is 15.3. The van der Waals surface area contributed by atoms with Crippen LogP contribution in [0.1, 0.15) is 63.0 Å². The number of nitrogens with zero attached hydrogens (tertiary/aromatic N) is 2. The summed E-state index contributed by atoms with van der Waals surface area (Å²) in [6, 6.07) is 10.5. The van der Waals surface area contributed by atoms with Crippen LogP contribution in [0.5, 0.6) is 0 Å². The third-order valence-corrected chi connectivity index (χ3v) is 11.3. The van der Waals surface area contributed by atoms with Crippen LogP contribution in [0.2, 0.25) is 5.02 Å². The molecule has 2 fully saturated rings. The van der Waals surface area contributed by atoms with Crippen molar-refractivity contribution in [1.29, 1.82) is 0 Å². The quantitative estimate of drug-likeness (QED) is 0.187. The number of anilines is 1. The number of likely N-dealkylation sites (N-methyl/N-ethyl adjacent to an activating group) is 1. The Hall–Kier alpha value is -2.41. The number of fused-ring (bicyclic) bond motifs is 2. The predicted octanol–water partition coefficient (Wildman–Crippen LogP) is 6.65. The van der Waals surface area contributed by atoms with Gasteiger partial charge in [0.15, 0.2) is 0 Å². The smallest absolute Gasteiger partial charge is 0.407 e. The largest absolute Gasteiger partial charge is 0.465 e. The van der Waals surface area contributed by atoms with Crippen LogP contribution in [0.25, 0.3) is 0 Å². The van der Waals surface area contributed by atoms with Crippen LogP contribution in [0.3, 0.4) is 0 Å². The molecule has 238 valence electrons. The molecule has 2 amide bonds. The van der Waals surface area contributed by atoms with E-state index >= 15 is 4.39 Å². The number of carboxylic acid groups (broad SMARTS) is 1. The molecule has 5 atom stereocenters. The average Bonchev–Trinajstić information content (AvgIpc) is 3.09. The summed E-state index contributed by atoms with van der Waals surface area (Å²) in [6.07, 6.45) is 2.49. The lowest BCUT2D eigenvalue weighted by Gasteiger charge is -2.49. The number of carbonyl (C=O) groups is 2. The van der Waals surface area contributed by atoms with Gasteiger partial charge < -0.3 is 15.7 Å². The van der Waals surface area contributed by atoms with Gasteiger partial charge in [0.25, 0.3) is 0 Å². The molecule has 5 N–H and O–H groups in total. The molecule has 4 rings (SSSR count). The maximum atomic E-state index is 15.3. The van der Waals surface area contributed by atoms with E-state index in [9.17, 15) is 23.8 Å². The van der Waals surface area contributed by atoms with Gasteiger partial charge in [0.2, 0.25) is 5.91 Å². The fourth-order valence-corrected chi connectivity index (χ4v) is 8.60. The lowest BCUT2D eigenvalue weighted by Crippen LogP contribution is -2.55. The van der Waals surface area contributed by atoms with E-state index in [1.165, 1.54) is 19.2 Å². The molecule has 0 aromatic heterocycles. The van der Waals surface area contributed by atoms with E-state index in [0.29, 0.717) is 35.8 Å².